The van der Waals surface area contributed by atoms with Gasteiger partial charge in [0.25, 0.3) is 12.0 Å². The molecule has 0 unspecified atom stereocenters. The van der Waals surface area contributed by atoms with E-state index in [4.69, 9.17) is 9.90 Å². The molecular formula is C21H30N4O5. The second-order valence-corrected chi connectivity index (χ2v) is 8.23. The minimum absolute atomic E-state index is 0.00426. The minimum Gasteiger partial charge on any atom is -0.483 e. The number of pyridine rings is 1. The van der Waals surface area contributed by atoms with Gasteiger partial charge in [0.05, 0.1) is 5.92 Å². The highest BCUT2D eigenvalue weighted by Crippen LogP contribution is 2.43. The van der Waals surface area contributed by atoms with Crippen molar-refractivity contribution in [1.82, 2.24) is 19.3 Å². The molecular weight excluding hydrogens is 388 g/mol. The number of piperidine rings is 1. The molecule has 4 rings (SSSR count). The van der Waals surface area contributed by atoms with Gasteiger partial charge in [-0.1, -0.05) is 6.07 Å². The lowest BCUT2D eigenvalue weighted by Gasteiger charge is -2.29. The Morgan fingerprint density at radius 1 is 1.17 bits per heavy atom. The minimum atomic E-state index is -0.250. The lowest BCUT2D eigenvalue weighted by atomic mass is 9.96. The van der Waals surface area contributed by atoms with E-state index in [1.54, 1.807) is 18.3 Å². The Morgan fingerprint density at radius 3 is 2.67 bits per heavy atom. The second kappa shape index (κ2) is 9.88. The molecule has 1 aromatic heterocycles. The topological polar surface area (TPSA) is 103 Å². The molecule has 1 N–H and O–H groups in total. The number of likely N-dealkylation sites (N-methyl/N-ethyl adjacent to an activating group) is 1. The van der Waals surface area contributed by atoms with Crippen LogP contribution < -0.4 is 5.56 Å². The summed E-state index contributed by atoms with van der Waals surface area (Å²) in [6, 6.07) is 4.89. The molecule has 9 heteroatoms. The maximum atomic E-state index is 13.2. The molecule has 1 aromatic rings. The number of fused-ring (bicyclic) bond motifs is 2. The van der Waals surface area contributed by atoms with Gasteiger partial charge in [0, 0.05) is 44.5 Å². The Labute approximate surface area is 175 Å². The van der Waals surface area contributed by atoms with Gasteiger partial charge in [-0.2, -0.15) is 0 Å². The van der Waals surface area contributed by atoms with E-state index in [1.807, 2.05) is 9.80 Å². The summed E-state index contributed by atoms with van der Waals surface area (Å²) >= 11 is 0. The zero-order chi connectivity index (χ0) is 21.7. The van der Waals surface area contributed by atoms with Crippen LogP contribution in [0.25, 0.3) is 0 Å². The molecule has 2 aliphatic heterocycles. The third-order valence-corrected chi connectivity index (χ3v) is 6.43. The standard InChI is InChI=1S/C20H28N4O3.CH2O2/c1-21-8-4-10-22(12-11-21)20(27)19-15-6-7-16(19)24(13-15)18(26)14-23-9-3-2-5-17(23)25;2-1-3/h2-3,5,9,15-16,19H,4,6-8,10-14H2,1H3;1H,(H,2,3)/t15-,16-,19+;/m0./s1. The number of amides is 2. The first-order valence-electron chi connectivity index (χ1n) is 10.5. The fraction of sp³-hybridized carbons (Fsp3) is 0.619. The largest absolute Gasteiger partial charge is 0.483 e. The van der Waals surface area contributed by atoms with E-state index >= 15 is 0 Å². The number of rotatable bonds is 3. The van der Waals surface area contributed by atoms with Crippen molar-refractivity contribution >= 4 is 18.3 Å². The highest BCUT2D eigenvalue weighted by atomic mass is 16.3. The molecule has 0 spiro atoms. The highest BCUT2D eigenvalue weighted by molar-refractivity contribution is 5.84. The number of carbonyl (C=O) groups excluding carboxylic acids is 2. The van der Waals surface area contributed by atoms with Crippen LogP contribution in [0.2, 0.25) is 0 Å². The van der Waals surface area contributed by atoms with Gasteiger partial charge in [0.1, 0.15) is 6.54 Å². The predicted octanol–water partition coefficient (Wildman–Crippen LogP) is -0.0498. The molecule has 3 atom stereocenters. The summed E-state index contributed by atoms with van der Waals surface area (Å²) in [6.07, 6.45) is 4.56. The Morgan fingerprint density at radius 2 is 1.93 bits per heavy atom. The van der Waals surface area contributed by atoms with Crippen molar-refractivity contribution in [3.05, 3.63) is 34.7 Å². The third-order valence-electron chi connectivity index (χ3n) is 6.43. The molecule has 2 bridgehead atoms. The van der Waals surface area contributed by atoms with Crippen molar-refractivity contribution in [1.29, 1.82) is 0 Å². The number of likely N-dealkylation sites (tertiary alicyclic amines) is 1. The van der Waals surface area contributed by atoms with Gasteiger partial charge < -0.3 is 24.4 Å². The summed E-state index contributed by atoms with van der Waals surface area (Å²) in [5.41, 5.74) is -0.170. The number of hydrogen-bond acceptors (Lipinski definition) is 5. The van der Waals surface area contributed by atoms with Gasteiger partial charge in [0.2, 0.25) is 11.8 Å². The Kier molecular flexibility index (Phi) is 7.25. The lowest BCUT2D eigenvalue weighted by molar-refractivity contribution is -0.138. The summed E-state index contributed by atoms with van der Waals surface area (Å²) in [5, 5.41) is 6.89. The van der Waals surface area contributed by atoms with Gasteiger partial charge in [0.15, 0.2) is 0 Å². The summed E-state index contributed by atoms with van der Waals surface area (Å²) in [6.45, 7) is 3.98. The Balaban J connectivity index is 0.000000806. The number of nitrogens with zero attached hydrogens (tertiary/aromatic N) is 4. The molecule has 164 valence electrons. The van der Waals surface area contributed by atoms with E-state index in [1.165, 1.54) is 10.6 Å². The van der Waals surface area contributed by atoms with Crippen LogP contribution >= 0.6 is 0 Å². The van der Waals surface area contributed by atoms with Crippen molar-refractivity contribution in [3.8, 4) is 0 Å². The molecule has 0 radical (unpaired) electrons. The molecule has 0 aromatic carbocycles. The molecule has 30 heavy (non-hydrogen) atoms. The molecule has 2 saturated heterocycles. The lowest BCUT2D eigenvalue weighted by Crippen LogP contribution is -2.45. The molecule has 9 nitrogen and oxygen atoms in total. The fourth-order valence-electron chi connectivity index (χ4n) is 4.96. The Hall–Kier alpha value is -2.68. The fourth-order valence-corrected chi connectivity index (χ4v) is 4.96. The average Bonchev–Trinajstić information content (AvgIpc) is 3.22. The van der Waals surface area contributed by atoms with Crippen LogP contribution in [0.5, 0.6) is 0 Å². The van der Waals surface area contributed by atoms with Gasteiger partial charge in [-0.15, -0.1) is 0 Å². The van der Waals surface area contributed by atoms with Gasteiger partial charge >= 0.3 is 0 Å². The molecule has 3 aliphatic rings. The van der Waals surface area contributed by atoms with Crippen molar-refractivity contribution in [2.75, 3.05) is 39.8 Å². The highest BCUT2D eigenvalue weighted by Gasteiger charge is 2.52. The first kappa shape index (κ1) is 22.0. The van der Waals surface area contributed by atoms with Crippen LogP contribution in [0.1, 0.15) is 19.3 Å². The van der Waals surface area contributed by atoms with E-state index < -0.39 is 0 Å². The Bertz CT molecular complexity index is 826. The van der Waals surface area contributed by atoms with E-state index in [9.17, 15) is 14.4 Å². The van der Waals surface area contributed by atoms with Crippen LogP contribution in [0.3, 0.4) is 0 Å². The van der Waals surface area contributed by atoms with E-state index in [0.29, 0.717) is 6.54 Å². The predicted molar refractivity (Wildman–Crippen MR) is 110 cm³/mol. The summed E-state index contributed by atoms with van der Waals surface area (Å²) in [5.74, 6) is 0.374. The smallest absolute Gasteiger partial charge is 0.290 e. The van der Waals surface area contributed by atoms with Gasteiger partial charge in [-0.25, -0.2) is 0 Å². The van der Waals surface area contributed by atoms with Crippen LogP contribution in [0.4, 0.5) is 0 Å². The maximum Gasteiger partial charge on any atom is 0.290 e. The van der Waals surface area contributed by atoms with E-state index in [2.05, 4.69) is 11.9 Å². The number of carboxylic acid groups (broad SMARTS) is 1. The molecule has 1 saturated carbocycles. The van der Waals surface area contributed by atoms with Crippen LogP contribution in [0.15, 0.2) is 29.2 Å². The van der Waals surface area contributed by atoms with E-state index in [-0.39, 0.29) is 48.3 Å². The van der Waals surface area contributed by atoms with Crippen molar-refractivity contribution < 1.29 is 19.5 Å². The number of carbonyl (C=O) groups is 3. The molecule has 2 amide bonds. The summed E-state index contributed by atoms with van der Waals surface area (Å²) < 4.78 is 1.44. The van der Waals surface area contributed by atoms with Crippen molar-refractivity contribution in [3.63, 3.8) is 0 Å². The third kappa shape index (κ3) is 4.72. The van der Waals surface area contributed by atoms with Crippen molar-refractivity contribution in [2.45, 2.75) is 31.8 Å². The van der Waals surface area contributed by atoms with Gasteiger partial charge in [-0.3, -0.25) is 19.2 Å². The molecule has 3 heterocycles. The monoisotopic (exact) mass is 418 g/mol. The number of hydrogen-bond donors (Lipinski definition) is 1. The molecule has 1 aliphatic carbocycles. The van der Waals surface area contributed by atoms with E-state index in [0.717, 1.165) is 45.4 Å². The first-order valence-corrected chi connectivity index (χ1v) is 10.5. The quantitative estimate of drug-likeness (QED) is 0.691. The first-order chi connectivity index (χ1) is 14.5. The normalized spacial score (nSPS) is 26.0. The second-order valence-electron chi connectivity index (χ2n) is 8.23. The number of aromatic nitrogens is 1. The van der Waals surface area contributed by atoms with Crippen LogP contribution in [-0.2, 0) is 20.9 Å². The van der Waals surface area contributed by atoms with Crippen LogP contribution in [0, 0.1) is 11.8 Å². The SMILES string of the molecule is CN1CCCN(C(=O)[C@@H]2[C@H]3CC[C@@H]2N(C(=O)Cn2ccccc2=O)C3)CC1.O=CO. The summed E-state index contributed by atoms with van der Waals surface area (Å²) in [4.78, 5) is 52.4. The zero-order valence-electron chi connectivity index (χ0n) is 17.4. The van der Waals surface area contributed by atoms with Gasteiger partial charge in [-0.05, 0) is 44.8 Å². The summed E-state index contributed by atoms with van der Waals surface area (Å²) in [7, 11) is 2.10. The van der Waals surface area contributed by atoms with Crippen molar-refractivity contribution in [2.24, 2.45) is 11.8 Å². The average molecular weight is 418 g/mol. The zero-order valence-corrected chi connectivity index (χ0v) is 17.4. The van der Waals surface area contributed by atoms with Crippen LogP contribution in [-0.4, -0.2) is 88.5 Å². The maximum absolute atomic E-state index is 13.2. The molecule has 3 fully saturated rings.